The van der Waals surface area contributed by atoms with E-state index < -0.39 is 17.6 Å². The van der Waals surface area contributed by atoms with Crippen molar-refractivity contribution in [2.75, 3.05) is 11.4 Å². The summed E-state index contributed by atoms with van der Waals surface area (Å²) < 4.78 is 5.38. The summed E-state index contributed by atoms with van der Waals surface area (Å²) in [7, 11) is 0. The Balaban J connectivity index is 2.31. The number of carbonyl (C=O) groups excluding carboxylic acids is 1. The number of hydrogen-bond acceptors (Lipinski definition) is 4. The van der Waals surface area contributed by atoms with Crippen LogP contribution in [0, 0.1) is 0 Å². The van der Waals surface area contributed by atoms with Crippen molar-refractivity contribution in [1.82, 2.24) is 0 Å². The second kappa shape index (κ2) is 5.13. The van der Waals surface area contributed by atoms with Crippen LogP contribution < -0.4 is 15.4 Å². The van der Waals surface area contributed by atoms with E-state index in [-0.39, 0.29) is 18.9 Å². The smallest absolute Gasteiger partial charge is 0.346 e. The number of carboxylic acids is 1. The van der Waals surface area contributed by atoms with E-state index in [0.717, 1.165) is 0 Å². The Morgan fingerprint density at radius 1 is 1.45 bits per heavy atom. The van der Waals surface area contributed by atoms with Gasteiger partial charge in [0.15, 0.2) is 0 Å². The van der Waals surface area contributed by atoms with Crippen molar-refractivity contribution in [3.63, 3.8) is 0 Å². The third kappa shape index (κ3) is 3.08. The molecular formula is C14H18N2O4. The number of benzene rings is 1. The average Bonchev–Trinajstić information content (AvgIpc) is 2.35. The van der Waals surface area contributed by atoms with Crippen molar-refractivity contribution < 1.29 is 19.4 Å². The maximum Gasteiger partial charge on any atom is 0.346 e. The number of carbonyl (C=O) groups is 2. The van der Waals surface area contributed by atoms with Gasteiger partial charge in [-0.05, 0) is 26.0 Å². The van der Waals surface area contributed by atoms with Gasteiger partial charge in [-0.1, -0.05) is 12.1 Å². The Bertz CT molecular complexity index is 536. The number of anilines is 1. The molecule has 1 aliphatic heterocycles. The molecule has 0 saturated carbocycles. The summed E-state index contributed by atoms with van der Waals surface area (Å²) in [5.41, 5.74) is 5.80. The monoisotopic (exact) mass is 278 g/mol. The van der Waals surface area contributed by atoms with Crippen molar-refractivity contribution in [3.05, 3.63) is 24.3 Å². The summed E-state index contributed by atoms with van der Waals surface area (Å²) in [4.78, 5) is 24.9. The van der Waals surface area contributed by atoms with Gasteiger partial charge in [-0.25, -0.2) is 4.79 Å². The molecule has 0 spiro atoms. The summed E-state index contributed by atoms with van der Waals surface area (Å²) in [5.74, 6) is -0.905. The Morgan fingerprint density at radius 3 is 2.70 bits per heavy atom. The quantitative estimate of drug-likeness (QED) is 0.860. The summed E-state index contributed by atoms with van der Waals surface area (Å²) in [6.07, 6.45) is -0.928. The molecular weight excluding hydrogens is 260 g/mol. The van der Waals surface area contributed by atoms with E-state index in [4.69, 9.17) is 15.6 Å². The predicted octanol–water partition coefficient (Wildman–Crippen LogP) is 0.993. The Labute approximate surface area is 117 Å². The number of hydrogen-bond donors (Lipinski definition) is 2. The number of carboxylic acid groups (broad SMARTS) is 1. The topological polar surface area (TPSA) is 92.9 Å². The van der Waals surface area contributed by atoms with E-state index >= 15 is 0 Å². The van der Waals surface area contributed by atoms with Gasteiger partial charge in [0.25, 0.3) is 0 Å². The van der Waals surface area contributed by atoms with Crippen LogP contribution in [0.15, 0.2) is 24.3 Å². The standard InChI is InChI=1S/C14H18N2O4/c1-14(2,15)7-12(17)16-8-11(13(18)19)20-10-6-4-3-5-9(10)16/h3-6,11H,7-8,15H2,1-2H3,(H,18,19). The molecule has 6 nitrogen and oxygen atoms in total. The molecule has 2 rings (SSSR count). The van der Waals surface area contributed by atoms with Gasteiger partial charge < -0.3 is 20.5 Å². The third-order valence-electron chi connectivity index (χ3n) is 2.96. The molecule has 1 unspecified atom stereocenters. The summed E-state index contributed by atoms with van der Waals surface area (Å²) in [5, 5.41) is 9.11. The van der Waals surface area contributed by atoms with Crippen LogP contribution in [0.5, 0.6) is 5.75 Å². The number of aliphatic carboxylic acids is 1. The van der Waals surface area contributed by atoms with Crippen LogP contribution in [0.25, 0.3) is 0 Å². The molecule has 0 saturated heterocycles. The van der Waals surface area contributed by atoms with Crippen LogP contribution >= 0.6 is 0 Å². The van der Waals surface area contributed by atoms with Crippen molar-refractivity contribution in [1.29, 1.82) is 0 Å². The van der Waals surface area contributed by atoms with E-state index in [1.807, 2.05) is 0 Å². The fourth-order valence-electron chi connectivity index (χ4n) is 2.08. The third-order valence-corrected chi connectivity index (χ3v) is 2.96. The first kappa shape index (κ1) is 14.3. The van der Waals surface area contributed by atoms with Gasteiger partial charge in [0.05, 0.1) is 12.2 Å². The van der Waals surface area contributed by atoms with E-state index in [9.17, 15) is 9.59 Å². The normalized spacial score (nSPS) is 18.1. The van der Waals surface area contributed by atoms with Crippen molar-refractivity contribution in [2.24, 2.45) is 5.73 Å². The van der Waals surface area contributed by atoms with Crippen LogP contribution in [0.2, 0.25) is 0 Å². The lowest BCUT2D eigenvalue weighted by atomic mass is 10.0. The number of para-hydroxylation sites is 2. The van der Waals surface area contributed by atoms with Crippen LogP contribution in [0.4, 0.5) is 5.69 Å². The Morgan fingerprint density at radius 2 is 2.10 bits per heavy atom. The second-order valence-electron chi connectivity index (χ2n) is 5.58. The number of ether oxygens (including phenoxy) is 1. The van der Waals surface area contributed by atoms with Crippen molar-refractivity contribution in [2.45, 2.75) is 31.9 Å². The minimum atomic E-state index is -1.09. The number of nitrogens with zero attached hydrogens (tertiary/aromatic N) is 1. The van der Waals surface area contributed by atoms with Gasteiger partial charge in [-0.3, -0.25) is 4.79 Å². The molecule has 6 heteroatoms. The zero-order chi connectivity index (χ0) is 14.9. The van der Waals surface area contributed by atoms with Gasteiger partial charge in [0, 0.05) is 12.0 Å². The molecule has 108 valence electrons. The molecule has 0 aromatic heterocycles. The zero-order valence-electron chi connectivity index (χ0n) is 11.5. The van der Waals surface area contributed by atoms with Gasteiger partial charge >= 0.3 is 5.97 Å². The zero-order valence-corrected chi connectivity index (χ0v) is 11.5. The van der Waals surface area contributed by atoms with Crippen LogP contribution in [-0.2, 0) is 9.59 Å². The highest BCUT2D eigenvalue weighted by Crippen LogP contribution is 2.33. The fourth-order valence-corrected chi connectivity index (χ4v) is 2.08. The molecule has 1 aromatic carbocycles. The minimum absolute atomic E-state index is 0.0126. The lowest BCUT2D eigenvalue weighted by Gasteiger charge is -2.34. The second-order valence-corrected chi connectivity index (χ2v) is 5.58. The highest BCUT2D eigenvalue weighted by atomic mass is 16.5. The van der Waals surface area contributed by atoms with Crippen molar-refractivity contribution in [3.8, 4) is 5.75 Å². The number of nitrogens with two attached hydrogens (primary N) is 1. The summed E-state index contributed by atoms with van der Waals surface area (Å²) in [6.45, 7) is 3.50. The highest BCUT2D eigenvalue weighted by molar-refractivity contribution is 5.97. The van der Waals surface area contributed by atoms with Crippen molar-refractivity contribution >= 4 is 17.6 Å². The summed E-state index contributed by atoms with van der Waals surface area (Å²) >= 11 is 0. The van der Waals surface area contributed by atoms with Gasteiger partial charge in [0.1, 0.15) is 5.75 Å². The first-order valence-corrected chi connectivity index (χ1v) is 6.36. The molecule has 0 bridgehead atoms. The minimum Gasteiger partial charge on any atom is -0.478 e. The Kier molecular flexibility index (Phi) is 3.67. The van der Waals surface area contributed by atoms with Crippen LogP contribution in [0.1, 0.15) is 20.3 Å². The number of rotatable bonds is 3. The SMILES string of the molecule is CC(C)(N)CC(=O)N1CC(C(=O)O)Oc2ccccc21. The molecule has 1 heterocycles. The van der Waals surface area contributed by atoms with E-state index in [0.29, 0.717) is 11.4 Å². The molecule has 1 amide bonds. The fraction of sp³-hybridized carbons (Fsp3) is 0.429. The predicted molar refractivity (Wildman–Crippen MR) is 73.7 cm³/mol. The molecule has 3 N–H and O–H groups in total. The maximum absolute atomic E-state index is 12.3. The average molecular weight is 278 g/mol. The first-order valence-electron chi connectivity index (χ1n) is 6.36. The van der Waals surface area contributed by atoms with E-state index in [2.05, 4.69) is 0 Å². The van der Waals surface area contributed by atoms with Crippen LogP contribution in [0.3, 0.4) is 0 Å². The highest BCUT2D eigenvalue weighted by Gasteiger charge is 2.34. The number of fused-ring (bicyclic) bond motifs is 1. The maximum atomic E-state index is 12.3. The lowest BCUT2D eigenvalue weighted by molar-refractivity contribution is -0.145. The molecule has 20 heavy (non-hydrogen) atoms. The van der Waals surface area contributed by atoms with Gasteiger partial charge in [-0.15, -0.1) is 0 Å². The number of amides is 1. The molecule has 0 fully saturated rings. The van der Waals surface area contributed by atoms with Gasteiger partial charge in [0.2, 0.25) is 12.0 Å². The summed E-state index contributed by atoms with van der Waals surface area (Å²) in [6, 6.07) is 6.89. The van der Waals surface area contributed by atoms with E-state index in [1.165, 1.54) is 4.90 Å². The van der Waals surface area contributed by atoms with Crippen LogP contribution in [-0.4, -0.2) is 35.2 Å². The lowest BCUT2D eigenvalue weighted by Crippen LogP contribution is -2.49. The van der Waals surface area contributed by atoms with E-state index in [1.54, 1.807) is 38.1 Å². The van der Waals surface area contributed by atoms with Gasteiger partial charge in [-0.2, -0.15) is 0 Å². The largest absolute Gasteiger partial charge is 0.478 e. The molecule has 1 aromatic rings. The Hall–Kier alpha value is -2.08. The molecule has 1 aliphatic rings. The first-order chi connectivity index (χ1) is 9.28. The molecule has 1 atom stereocenters. The molecule has 0 aliphatic carbocycles. The molecule has 0 radical (unpaired) electrons.